The molecule has 1 atom stereocenters. The molecule has 3 nitrogen and oxygen atoms in total. The van der Waals surface area contributed by atoms with Crippen LogP contribution in [0.15, 0.2) is 6.07 Å². The first kappa shape index (κ1) is 11.0. The summed E-state index contributed by atoms with van der Waals surface area (Å²) < 4.78 is 1.86. The molecular weight excluding hydrogens is 176 g/mol. The van der Waals surface area contributed by atoms with Gasteiger partial charge in [0.2, 0.25) is 0 Å². The predicted molar refractivity (Wildman–Crippen MR) is 56.0 cm³/mol. The zero-order chi connectivity index (χ0) is 10.7. The molecule has 1 aromatic rings. The van der Waals surface area contributed by atoms with Crippen LogP contribution in [0.2, 0.25) is 0 Å². The van der Waals surface area contributed by atoms with Crippen molar-refractivity contribution < 1.29 is 4.79 Å². The minimum Gasteiger partial charge on any atom is -0.303 e. The Bertz CT molecular complexity index is 315. The third-order valence-corrected chi connectivity index (χ3v) is 2.57. The minimum atomic E-state index is 0.102. The third-order valence-electron chi connectivity index (χ3n) is 2.57. The second-order valence-electron chi connectivity index (χ2n) is 4.15. The van der Waals surface area contributed by atoms with Crippen molar-refractivity contribution in [3.8, 4) is 0 Å². The van der Waals surface area contributed by atoms with E-state index in [9.17, 15) is 4.79 Å². The Balaban J connectivity index is 2.76. The highest BCUT2D eigenvalue weighted by Crippen LogP contribution is 2.15. The molecular formula is C11H18N2O. The van der Waals surface area contributed by atoms with Crippen molar-refractivity contribution in [3.05, 3.63) is 17.5 Å². The minimum absolute atomic E-state index is 0.102. The fourth-order valence-corrected chi connectivity index (χ4v) is 1.54. The second-order valence-corrected chi connectivity index (χ2v) is 4.15. The average Bonchev–Trinajstić information content (AvgIpc) is 2.40. The van der Waals surface area contributed by atoms with E-state index in [4.69, 9.17) is 0 Å². The van der Waals surface area contributed by atoms with E-state index in [1.54, 1.807) is 0 Å². The van der Waals surface area contributed by atoms with Crippen molar-refractivity contribution in [1.29, 1.82) is 0 Å². The maximum atomic E-state index is 10.8. The summed E-state index contributed by atoms with van der Waals surface area (Å²) in [4.78, 5) is 10.8. The predicted octanol–water partition coefficient (Wildman–Crippen LogP) is 1.74. The highest BCUT2D eigenvalue weighted by Gasteiger charge is 2.15. The molecule has 0 spiro atoms. The summed E-state index contributed by atoms with van der Waals surface area (Å²) in [6, 6.07) is 2.04. The van der Waals surface area contributed by atoms with Gasteiger partial charge in [-0.2, -0.15) is 5.10 Å². The van der Waals surface area contributed by atoms with Crippen LogP contribution in [0, 0.1) is 18.8 Å². The molecule has 78 valence electrons. The van der Waals surface area contributed by atoms with Gasteiger partial charge in [0.15, 0.2) is 0 Å². The summed E-state index contributed by atoms with van der Waals surface area (Å²) in [6.07, 6.45) is 1.84. The van der Waals surface area contributed by atoms with Gasteiger partial charge >= 0.3 is 0 Å². The Morgan fingerprint density at radius 2 is 2.21 bits per heavy atom. The van der Waals surface area contributed by atoms with Gasteiger partial charge in [0.05, 0.1) is 5.69 Å². The fraction of sp³-hybridized carbons (Fsp3) is 0.636. The zero-order valence-electron chi connectivity index (χ0n) is 9.32. The zero-order valence-corrected chi connectivity index (χ0v) is 9.32. The lowest BCUT2D eigenvalue weighted by Crippen LogP contribution is -2.15. The van der Waals surface area contributed by atoms with Crippen molar-refractivity contribution >= 4 is 6.29 Å². The van der Waals surface area contributed by atoms with E-state index in [1.165, 1.54) is 0 Å². The highest BCUT2D eigenvalue weighted by atomic mass is 16.1. The first-order valence-corrected chi connectivity index (χ1v) is 4.99. The number of hydrogen-bond acceptors (Lipinski definition) is 2. The Labute approximate surface area is 85.1 Å². The van der Waals surface area contributed by atoms with E-state index in [0.29, 0.717) is 5.92 Å². The number of carbonyl (C=O) groups excluding carboxylic acids is 1. The maximum Gasteiger partial charge on any atom is 0.123 e. The molecule has 1 unspecified atom stereocenters. The third kappa shape index (κ3) is 2.44. The molecule has 1 heterocycles. The molecule has 0 saturated heterocycles. The number of nitrogens with zero attached hydrogens (tertiary/aromatic N) is 2. The molecule has 14 heavy (non-hydrogen) atoms. The molecule has 0 N–H and O–H groups in total. The van der Waals surface area contributed by atoms with Gasteiger partial charge in [-0.15, -0.1) is 0 Å². The van der Waals surface area contributed by atoms with Gasteiger partial charge in [-0.05, 0) is 25.3 Å². The number of aryl methyl sites for hydroxylation is 2. The van der Waals surface area contributed by atoms with Gasteiger partial charge < -0.3 is 4.79 Å². The molecule has 0 radical (unpaired) electrons. The van der Waals surface area contributed by atoms with Gasteiger partial charge in [0.25, 0.3) is 0 Å². The normalized spacial score (nSPS) is 13.2. The van der Waals surface area contributed by atoms with Crippen LogP contribution < -0.4 is 0 Å². The lowest BCUT2D eigenvalue weighted by Gasteiger charge is -2.13. The van der Waals surface area contributed by atoms with Crippen molar-refractivity contribution in [2.24, 2.45) is 18.9 Å². The molecule has 1 aromatic heterocycles. The summed E-state index contributed by atoms with van der Waals surface area (Å²) in [5, 5.41) is 4.26. The average molecular weight is 194 g/mol. The second kappa shape index (κ2) is 4.40. The smallest absolute Gasteiger partial charge is 0.123 e. The first-order chi connectivity index (χ1) is 6.54. The summed E-state index contributed by atoms with van der Waals surface area (Å²) >= 11 is 0. The molecule has 0 fully saturated rings. The van der Waals surface area contributed by atoms with E-state index >= 15 is 0 Å². The molecule has 0 bridgehead atoms. The van der Waals surface area contributed by atoms with E-state index in [0.717, 1.165) is 24.1 Å². The van der Waals surface area contributed by atoms with Crippen LogP contribution in [0.25, 0.3) is 0 Å². The molecule has 0 aliphatic rings. The van der Waals surface area contributed by atoms with Crippen LogP contribution in [-0.4, -0.2) is 16.1 Å². The topological polar surface area (TPSA) is 34.9 Å². The SMILES string of the molecule is Cc1cc(CC(C=O)C(C)C)n(C)n1. The van der Waals surface area contributed by atoms with Crippen molar-refractivity contribution in [2.45, 2.75) is 27.2 Å². The molecule has 0 amide bonds. The highest BCUT2D eigenvalue weighted by molar-refractivity contribution is 5.54. The molecule has 3 heteroatoms. The van der Waals surface area contributed by atoms with Crippen LogP contribution in [0.1, 0.15) is 25.2 Å². The van der Waals surface area contributed by atoms with Crippen LogP contribution in [0.4, 0.5) is 0 Å². The van der Waals surface area contributed by atoms with Crippen LogP contribution >= 0.6 is 0 Å². The van der Waals surface area contributed by atoms with Gasteiger partial charge in [-0.1, -0.05) is 13.8 Å². The number of hydrogen-bond donors (Lipinski definition) is 0. The Hall–Kier alpha value is -1.12. The standard InChI is InChI=1S/C11H18N2O/c1-8(2)10(7-14)6-11-5-9(3)12-13(11)4/h5,7-8,10H,6H2,1-4H3. The molecule has 0 aliphatic heterocycles. The lowest BCUT2D eigenvalue weighted by atomic mass is 9.92. The Morgan fingerprint density at radius 1 is 1.57 bits per heavy atom. The largest absolute Gasteiger partial charge is 0.303 e. The Kier molecular flexibility index (Phi) is 3.44. The van der Waals surface area contributed by atoms with Gasteiger partial charge in [0.1, 0.15) is 6.29 Å². The quantitative estimate of drug-likeness (QED) is 0.684. The van der Waals surface area contributed by atoms with Crippen molar-refractivity contribution in [2.75, 3.05) is 0 Å². The first-order valence-electron chi connectivity index (χ1n) is 4.99. The van der Waals surface area contributed by atoms with Crippen molar-refractivity contribution in [1.82, 2.24) is 9.78 Å². The van der Waals surface area contributed by atoms with E-state index in [2.05, 4.69) is 18.9 Å². The van der Waals surface area contributed by atoms with Gasteiger partial charge in [-0.25, -0.2) is 0 Å². The van der Waals surface area contributed by atoms with Crippen LogP contribution in [0.3, 0.4) is 0 Å². The van der Waals surface area contributed by atoms with Crippen LogP contribution in [-0.2, 0) is 18.3 Å². The molecule has 1 rings (SSSR count). The lowest BCUT2D eigenvalue weighted by molar-refractivity contribution is -0.112. The summed E-state index contributed by atoms with van der Waals surface area (Å²) in [7, 11) is 1.92. The Morgan fingerprint density at radius 3 is 2.57 bits per heavy atom. The monoisotopic (exact) mass is 194 g/mol. The van der Waals surface area contributed by atoms with E-state index in [1.807, 2.05) is 24.7 Å². The van der Waals surface area contributed by atoms with Gasteiger partial charge in [-0.3, -0.25) is 4.68 Å². The maximum absolute atomic E-state index is 10.8. The number of aromatic nitrogens is 2. The fourth-order valence-electron chi connectivity index (χ4n) is 1.54. The number of carbonyl (C=O) groups is 1. The molecule has 0 saturated carbocycles. The summed E-state index contributed by atoms with van der Waals surface area (Å²) in [5.74, 6) is 0.493. The molecule has 0 aromatic carbocycles. The van der Waals surface area contributed by atoms with Crippen molar-refractivity contribution in [3.63, 3.8) is 0 Å². The van der Waals surface area contributed by atoms with Crippen LogP contribution in [0.5, 0.6) is 0 Å². The number of rotatable bonds is 4. The summed E-state index contributed by atoms with van der Waals surface area (Å²) in [5.41, 5.74) is 2.14. The molecule has 0 aliphatic carbocycles. The summed E-state index contributed by atoms with van der Waals surface area (Å²) in [6.45, 7) is 6.11. The number of aldehydes is 1. The van der Waals surface area contributed by atoms with E-state index < -0.39 is 0 Å². The van der Waals surface area contributed by atoms with E-state index in [-0.39, 0.29) is 5.92 Å². The van der Waals surface area contributed by atoms with Gasteiger partial charge in [0, 0.05) is 18.7 Å².